The van der Waals surface area contributed by atoms with Crippen molar-refractivity contribution in [3.63, 3.8) is 0 Å². The molecular weight excluding hydrogens is 200 g/mol. The average molecular weight is 222 g/mol. The van der Waals surface area contributed by atoms with Crippen LogP contribution < -0.4 is 5.32 Å². The molecule has 1 fully saturated rings. The first-order valence-electron chi connectivity index (χ1n) is 6.46. The van der Waals surface area contributed by atoms with Crippen LogP contribution in [0.25, 0.3) is 0 Å². The predicted molar refractivity (Wildman–Crippen MR) is 63.7 cm³/mol. The summed E-state index contributed by atoms with van der Waals surface area (Å²) < 4.78 is 0. The molecule has 0 bridgehead atoms. The lowest BCUT2D eigenvalue weighted by Crippen LogP contribution is -2.24. The maximum absolute atomic E-state index is 11.5. The summed E-state index contributed by atoms with van der Waals surface area (Å²) in [6, 6.07) is 2.07. The Kier molecular flexibility index (Phi) is 6.64. The van der Waals surface area contributed by atoms with E-state index in [0.29, 0.717) is 19.4 Å². The molecule has 1 amide bonds. The lowest BCUT2D eigenvalue weighted by Gasteiger charge is -2.20. The van der Waals surface area contributed by atoms with Gasteiger partial charge in [-0.15, -0.1) is 0 Å². The molecule has 3 heteroatoms. The third-order valence-corrected chi connectivity index (χ3v) is 3.29. The van der Waals surface area contributed by atoms with Gasteiger partial charge in [0.25, 0.3) is 0 Å². The Labute approximate surface area is 98.2 Å². The van der Waals surface area contributed by atoms with Crippen molar-refractivity contribution in [1.29, 1.82) is 5.26 Å². The Morgan fingerprint density at radius 3 is 2.75 bits per heavy atom. The lowest BCUT2D eigenvalue weighted by molar-refractivity contribution is -0.121. The molecule has 16 heavy (non-hydrogen) atoms. The Morgan fingerprint density at radius 2 is 2.06 bits per heavy atom. The Bertz CT molecular complexity index is 239. The molecule has 1 saturated carbocycles. The number of nitrogens with zero attached hydrogens (tertiary/aromatic N) is 1. The summed E-state index contributed by atoms with van der Waals surface area (Å²) >= 11 is 0. The molecule has 1 aliphatic rings. The van der Waals surface area contributed by atoms with Gasteiger partial charge < -0.3 is 5.32 Å². The number of hydrogen-bond donors (Lipinski definition) is 1. The first-order valence-corrected chi connectivity index (χ1v) is 6.46. The highest BCUT2D eigenvalue weighted by Gasteiger charge is 2.14. The Hall–Kier alpha value is -1.04. The van der Waals surface area contributed by atoms with Crippen LogP contribution in [0.15, 0.2) is 0 Å². The summed E-state index contributed by atoms with van der Waals surface area (Å²) in [4.78, 5) is 11.5. The van der Waals surface area contributed by atoms with Crippen LogP contribution >= 0.6 is 0 Å². The second-order valence-electron chi connectivity index (χ2n) is 4.65. The molecule has 1 N–H and O–H groups in total. The van der Waals surface area contributed by atoms with Crippen LogP contribution in [0.2, 0.25) is 0 Å². The van der Waals surface area contributed by atoms with Crippen LogP contribution in [-0.4, -0.2) is 12.5 Å². The predicted octanol–water partition coefficient (Wildman–Crippen LogP) is 2.77. The number of nitrogens with one attached hydrogen (secondary N) is 1. The van der Waals surface area contributed by atoms with Crippen LogP contribution in [0.4, 0.5) is 0 Å². The molecule has 1 aliphatic carbocycles. The first kappa shape index (κ1) is 13.0. The van der Waals surface area contributed by atoms with Crippen molar-refractivity contribution in [2.75, 3.05) is 6.54 Å². The number of nitriles is 1. The van der Waals surface area contributed by atoms with Crippen LogP contribution in [0.3, 0.4) is 0 Å². The largest absolute Gasteiger partial charge is 0.356 e. The number of carbonyl (C=O) groups excluding carboxylic acids is 1. The fourth-order valence-corrected chi connectivity index (χ4v) is 2.29. The molecule has 0 aromatic rings. The highest BCUT2D eigenvalue weighted by molar-refractivity contribution is 5.75. The minimum atomic E-state index is 0.156. The van der Waals surface area contributed by atoms with E-state index in [4.69, 9.17) is 5.26 Å². The smallest absolute Gasteiger partial charge is 0.220 e. The molecule has 0 aromatic heterocycles. The van der Waals surface area contributed by atoms with Crippen molar-refractivity contribution in [3.05, 3.63) is 0 Å². The maximum atomic E-state index is 11.5. The summed E-state index contributed by atoms with van der Waals surface area (Å²) in [6.07, 6.45) is 9.68. The molecule has 0 saturated heterocycles. The van der Waals surface area contributed by atoms with E-state index in [0.717, 1.165) is 18.8 Å². The van der Waals surface area contributed by atoms with Crippen LogP contribution in [0.1, 0.15) is 57.8 Å². The van der Waals surface area contributed by atoms with E-state index in [1.54, 1.807) is 0 Å². The molecule has 90 valence electrons. The molecule has 0 aromatic carbocycles. The summed E-state index contributed by atoms with van der Waals surface area (Å²) in [5.74, 6) is 0.933. The topological polar surface area (TPSA) is 52.9 Å². The highest BCUT2D eigenvalue weighted by atomic mass is 16.1. The van der Waals surface area contributed by atoms with E-state index in [1.165, 1.54) is 32.1 Å². The minimum absolute atomic E-state index is 0.156. The third kappa shape index (κ3) is 5.75. The number of carbonyl (C=O) groups is 1. The fraction of sp³-hybridized carbons (Fsp3) is 0.846. The molecule has 3 nitrogen and oxygen atoms in total. The first-order chi connectivity index (χ1) is 7.83. The van der Waals surface area contributed by atoms with Gasteiger partial charge in [0.15, 0.2) is 0 Å². The number of rotatable bonds is 6. The van der Waals surface area contributed by atoms with Crippen molar-refractivity contribution in [2.45, 2.75) is 57.8 Å². The monoisotopic (exact) mass is 222 g/mol. The molecular formula is C13H22N2O. The molecule has 0 atom stereocenters. The van der Waals surface area contributed by atoms with Gasteiger partial charge in [0.05, 0.1) is 6.07 Å². The van der Waals surface area contributed by atoms with Gasteiger partial charge in [-0.1, -0.05) is 32.1 Å². The summed E-state index contributed by atoms with van der Waals surface area (Å²) in [6.45, 7) is 0.650. The molecule has 1 rings (SSSR count). The number of unbranched alkanes of at least 4 members (excludes halogenated alkanes) is 1. The van der Waals surface area contributed by atoms with Crippen LogP contribution in [0, 0.1) is 17.2 Å². The summed E-state index contributed by atoms with van der Waals surface area (Å²) in [7, 11) is 0. The van der Waals surface area contributed by atoms with E-state index in [9.17, 15) is 4.79 Å². The number of amides is 1. The summed E-state index contributed by atoms with van der Waals surface area (Å²) in [5.41, 5.74) is 0. The lowest BCUT2D eigenvalue weighted by atomic mass is 9.86. The zero-order chi connectivity index (χ0) is 11.6. The van der Waals surface area contributed by atoms with Gasteiger partial charge in [0.2, 0.25) is 5.91 Å². The quantitative estimate of drug-likeness (QED) is 0.702. The van der Waals surface area contributed by atoms with Crippen LogP contribution in [0.5, 0.6) is 0 Å². The molecule has 0 spiro atoms. The zero-order valence-corrected chi connectivity index (χ0v) is 10.0. The second kappa shape index (κ2) is 8.15. The van der Waals surface area contributed by atoms with Crippen molar-refractivity contribution < 1.29 is 4.79 Å². The third-order valence-electron chi connectivity index (χ3n) is 3.29. The Balaban J connectivity index is 1.99. The van der Waals surface area contributed by atoms with Gasteiger partial charge in [0.1, 0.15) is 0 Å². The maximum Gasteiger partial charge on any atom is 0.220 e. The fourth-order valence-electron chi connectivity index (χ4n) is 2.29. The van der Waals surface area contributed by atoms with E-state index in [2.05, 4.69) is 11.4 Å². The molecule has 0 aliphatic heterocycles. The van der Waals surface area contributed by atoms with Gasteiger partial charge in [-0.25, -0.2) is 0 Å². The average Bonchev–Trinajstić information content (AvgIpc) is 2.33. The van der Waals surface area contributed by atoms with Crippen molar-refractivity contribution >= 4 is 5.91 Å². The SMILES string of the molecule is N#CCCCNC(=O)CCC1CCCCC1. The van der Waals surface area contributed by atoms with Gasteiger partial charge in [0, 0.05) is 19.4 Å². The van der Waals surface area contributed by atoms with E-state index >= 15 is 0 Å². The molecule has 0 radical (unpaired) electrons. The number of hydrogen-bond acceptors (Lipinski definition) is 2. The molecule has 0 heterocycles. The standard InChI is InChI=1S/C13H22N2O/c14-10-4-5-11-15-13(16)9-8-12-6-2-1-3-7-12/h12H,1-9,11H2,(H,15,16). The van der Waals surface area contributed by atoms with Crippen molar-refractivity contribution in [3.8, 4) is 6.07 Å². The van der Waals surface area contributed by atoms with Gasteiger partial charge in [-0.05, 0) is 18.8 Å². The van der Waals surface area contributed by atoms with Gasteiger partial charge >= 0.3 is 0 Å². The van der Waals surface area contributed by atoms with E-state index in [-0.39, 0.29) is 5.91 Å². The van der Waals surface area contributed by atoms with E-state index < -0.39 is 0 Å². The van der Waals surface area contributed by atoms with Gasteiger partial charge in [-0.2, -0.15) is 5.26 Å². The van der Waals surface area contributed by atoms with Crippen LogP contribution in [-0.2, 0) is 4.79 Å². The van der Waals surface area contributed by atoms with Crippen molar-refractivity contribution in [2.24, 2.45) is 5.92 Å². The molecule has 0 unspecified atom stereocenters. The van der Waals surface area contributed by atoms with Gasteiger partial charge in [-0.3, -0.25) is 4.79 Å². The minimum Gasteiger partial charge on any atom is -0.356 e. The van der Waals surface area contributed by atoms with E-state index in [1.807, 2.05) is 0 Å². The highest BCUT2D eigenvalue weighted by Crippen LogP contribution is 2.27. The zero-order valence-electron chi connectivity index (χ0n) is 10.0. The summed E-state index contributed by atoms with van der Waals surface area (Å²) in [5, 5.41) is 11.2. The normalized spacial score (nSPS) is 16.7. The van der Waals surface area contributed by atoms with Crippen molar-refractivity contribution in [1.82, 2.24) is 5.32 Å². The Morgan fingerprint density at radius 1 is 1.31 bits per heavy atom. The second-order valence-corrected chi connectivity index (χ2v) is 4.65.